The molecule has 7 heteroatoms. The molecule has 0 aliphatic carbocycles. The zero-order valence-electron chi connectivity index (χ0n) is 12.6. The van der Waals surface area contributed by atoms with Crippen LogP contribution in [0.4, 0.5) is 5.82 Å². The lowest BCUT2D eigenvalue weighted by atomic mass is 10.2. The van der Waals surface area contributed by atoms with Gasteiger partial charge in [-0.05, 0) is 36.8 Å². The van der Waals surface area contributed by atoms with Crippen LogP contribution in [0, 0.1) is 6.92 Å². The zero-order chi connectivity index (χ0) is 16.6. The minimum Gasteiger partial charge on any atom is -0.255 e. The van der Waals surface area contributed by atoms with Crippen LogP contribution in [0.2, 0.25) is 5.02 Å². The maximum Gasteiger partial charge on any atom is 0.267 e. The first-order valence-electron chi connectivity index (χ1n) is 6.85. The second-order valence-corrected chi connectivity index (χ2v) is 7.52. The molecule has 0 unspecified atom stereocenters. The van der Waals surface area contributed by atoms with E-state index in [0.717, 1.165) is 15.3 Å². The highest BCUT2D eigenvalue weighted by Gasteiger charge is 2.25. The minimum absolute atomic E-state index is 0.147. The number of nitrogens with zero attached hydrogens (tertiary/aromatic N) is 3. The van der Waals surface area contributed by atoms with Crippen LogP contribution in [0.1, 0.15) is 5.56 Å². The summed E-state index contributed by atoms with van der Waals surface area (Å²) >= 11 is 5.80. The van der Waals surface area contributed by atoms with Crippen molar-refractivity contribution in [1.82, 2.24) is 9.97 Å². The van der Waals surface area contributed by atoms with E-state index in [-0.39, 0.29) is 4.90 Å². The van der Waals surface area contributed by atoms with Crippen LogP contribution in [0.5, 0.6) is 0 Å². The third kappa shape index (κ3) is 2.87. The molecule has 2 heterocycles. The molecule has 118 valence electrons. The minimum atomic E-state index is -3.78. The third-order valence-electron chi connectivity index (χ3n) is 3.48. The predicted molar refractivity (Wildman–Crippen MR) is 91.3 cm³/mol. The first kappa shape index (κ1) is 15.7. The Labute approximate surface area is 139 Å². The average molecular weight is 348 g/mol. The molecule has 0 aliphatic rings. The van der Waals surface area contributed by atoms with Crippen molar-refractivity contribution in [3.8, 4) is 0 Å². The van der Waals surface area contributed by atoms with E-state index in [4.69, 9.17) is 11.6 Å². The molecule has 0 saturated carbocycles. The van der Waals surface area contributed by atoms with Gasteiger partial charge in [0.25, 0.3) is 10.0 Å². The largest absolute Gasteiger partial charge is 0.267 e. The van der Waals surface area contributed by atoms with Crippen LogP contribution in [-0.2, 0) is 10.0 Å². The molecular formula is C16H14ClN3O2S. The number of fused-ring (bicyclic) bond motifs is 1. The van der Waals surface area contributed by atoms with Gasteiger partial charge in [0.2, 0.25) is 0 Å². The Balaban J connectivity index is 2.14. The molecule has 2 aromatic heterocycles. The molecule has 3 aromatic rings. The number of aryl methyl sites for hydroxylation is 1. The van der Waals surface area contributed by atoms with E-state index in [1.54, 1.807) is 30.5 Å². The molecular weight excluding hydrogens is 334 g/mol. The van der Waals surface area contributed by atoms with E-state index in [9.17, 15) is 8.42 Å². The number of hydrogen-bond acceptors (Lipinski definition) is 4. The number of aromatic nitrogens is 2. The van der Waals surface area contributed by atoms with Gasteiger partial charge in [0.1, 0.15) is 10.7 Å². The van der Waals surface area contributed by atoms with Crippen molar-refractivity contribution in [3.63, 3.8) is 0 Å². The van der Waals surface area contributed by atoms with Crippen molar-refractivity contribution >= 4 is 38.3 Å². The molecule has 23 heavy (non-hydrogen) atoms. The van der Waals surface area contributed by atoms with Crippen LogP contribution in [0.15, 0.2) is 53.7 Å². The molecule has 0 fully saturated rings. The second kappa shape index (κ2) is 5.79. The lowest BCUT2D eigenvalue weighted by Gasteiger charge is -2.19. The van der Waals surface area contributed by atoms with Gasteiger partial charge in [-0.3, -0.25) is 9.29 Å². The molecule has 0 N–H and O–H groups in total. The van der Waals surface area contributed by atoms with Gasteiger partial charge in [-0.2, -0.15) is 0 Å². The highest BCUT2D eigenvalue weighted by atomic mass is 35.5. The Kier molecular flexibility index (Phi) is 3.95. The first-order chi connectivity index (χ1) is 10.9. The van der Waals surface area contributed by atoms with E-state index >= 15 is 0 Å². The van der Waals surface area contributed by atoms with E-state index in [1.807, 2.05) is 19.1 Å². The lowest BCUT2D eigenvalue weighted by Crippen LogP contribution is -2.27. The Bertz CT molecular complexity index is 972. The molecule has 0 amide bonds. The van der Waals surface area contributed by atoms with Crippen LogP contribution in [-0.4, -0.2) is 25.4 Å². The summed E-state index contributed by atoms with van der Waals surface area (Å²) in [7, 11) is -2.32. The highest BCUT2D eigenvalue weighted by Crippen LogP contribution is 2.26. The Morgan fingerprint density at radius 2 is 1.87 bits per heavy atom. The number of halogens is 1. The number of sulfonamides is 1. The summed E-state index contributed by atoms with van der Waals surface area (Å²) in [5, 5.41) is 1.23. The fraction of sp³-hybridized carbons (Fsp3) is 0.125. The van der Waals surface area contributed by atoms with Crippen LogP contribution in [0.3, 0.4) is 0 Å². The molecule has 0 saturated heterocycles. The number of benzene rings is 1. The standard InChI is InChI=1S/C16H14ClN3O2S/c1-11-8-12-4-3-5-14(16(12)19-9-11)23(21,22)20(2)15-7-6-13(17)10-18-15/h3-10H,1-2H3. The summed E-state index contributed by atoms with van der Waals surface area (Å²) in [5.41, 5.74) is 1.42. The van der Waals surface area contributed by atoms with Crippen molar-refractivity contribution in [2.75, 3.05) is 11.4 Å². The van der Waals surface area contributed by atoms with Gasteiger partial charge in [0, 0.05) is 24.8 Å². The number of para-hydroxylation sites is 1. The van der Waals surface area contributed by atoms with Crippen molar-refractivity contribution in [2.45, 2.75) is 11.8 Å². The van der Waals surface area contributed by atoms with E-state index < -0.39 is 10.0 Å². The predicted octanol–water partition coefficient (Wildman–Crippen LogP) is 3.42. The highest BCUT2D eigenvalue weighted by molar-refractivity contribution is 7.93. The molecule has 1 aromatic carbocycles. The second-order valence-electron chi connectivity index (χ2n) is 5.15. The SMILES string of the molecule is Cc1cnc2c(S(=O)(=O)N(C)c3ccc(Cl)cn3)cccc2c1. The van der Waals surface area contributed by atoms with Gasteiger partial charge in [-0.25, -0.2) is 13.4 Å². The monoisotopic (exact) mass is 347 g/mol. The fourth-order valence-corrected chi connectivity index (χ4v) is 3.70. The van der Waals surface area contributed by atoms with E-state index in [2.05, 4.69) is 9.97 Å². The summed E-state index contributed by atoms with van der Waals surface area (Å²) in [6.45, 7) is 1.91. The molecule has 0 aliphatic heterocycles. The molecule has 0 radical (unpaired) electrons. The summed E-state index contributed by atoms with van der Waals surface area (Å²) in [6.07, 6.45) is 3.06. The Morgan fingerprint density at radius 3 is 2.57 bits per heavy atom. The Hall–Kier alpha value is -2.18. The van der Waals surface area contributed by atoms with Crippen molar-refractivity contribution < 1.29 is 8.42 Å². The van der Waals surface area contributed by atoms with Gasteiger partial charge < -0.3 is 0 Å². The van der Waals surface area contributed by atoms with E-state index in [0.29, 0.717) is 16.4 Å². The van der Waals surface area contributed by atoms with Gasteiger partial charge >= 0.3 is 0 Å². The number of hydrogen-bond donors (Lipinski definition) is 0. The average Bonchev–Trinajstić information content (AvgIpc) is 2.54. The zero-order valence-corrected chi connectivity index (χ0v) is 14.1. The van der Waals surface area contributed by atoms with E-state index in [1.165, 1.54) is 13.2 Å². The fourth-order valence-electron chi connectivity index (χ4n) is 2.28. The lowest BCUT2D eigenvalue weighted by molar-refractivity contribution is 0.594. The molecule has 5 nitrogen and oxygen atoms in total. The maximum absolute atomic E-state index is 12.9. The third-order valence-corrected chi connectivity index (χ3v) is 5.50. The van der Waals surface area contributed by atoms with Gasteiger partial charge in [0.05, 0.1) is 10.5 Å². The molecule has 0 atom stereocenters. The van der Waals surface area contributed by atoms with Crippen molar-refractivity contribution in [1.29, 1.82) is 0 Å². The summed E-state index contributed by atoms with van der Waals surface area (Å²) in [5.74, 6) is 0.290. The topological polar surface area (TPSA) is 63.2 Å². The maximum atomic E-state index is 12.9. The number of rotatable bonds is 3. The van der Waals surface area contributed by atoms with Gasteiger partial charge in [0.15, 0.2) is 0 Å². The van der Waals surface area contributed by atoms with Crippen molar-refractivity contribution in [3.05, 3.63) is 59.4 Å². The summed E-state index contributed by atoms with van der Waals surface area (Å²) in [4.78, 5) is 8.50. The first-order valence-corrected chi connectivity index (χ1v) is 8.67. The molecule has 0 spiro atoms. The molecule has 0 bridgehead atoms. The summed E-state index contributed by atoms with van der Waals surface area (Å²) < 4.78 is 27.0. The van der Waals surface area contributed by atoms with Crippen LogP contribution >= 0.6 is 11.6 Å². The molecule has 3 rings (SSSR count). The number of pyridine rings is 2. The Morgan fingerprint density at radius 1 is 1.09 bits per heavy atom. The van der Waals surface area contributed by atoms with Crippen LogP contribution < -0.4 is 4.31 Å². The number of anilines is 1. The van der Waals surface area contributed by atoms with Gasteiger partial charge in [-0.1, -0.05) is 23.7 Å². The van der Waals surface area contributed by atoms with Gasteiger partial charge in [-0.15, -0.1) is 0 Å². The normalized spacial score (nSPS) is 11.6. The smallest absolute Gasteiger partial charge is 0.255 e. The van der Waals surface area contributed by atoms with Crippen molar-refractivity contribution in [2.24, 2.45) is 0 Å². The quantitative estimate of drug-likeness (QED) is 0.728. The summed E-state index contributed by atoms with van der Waals surface area (Å²) in [6, 6.07) is 10.2. The van der Waals surface area contributed by atoms with Crippen LogP contribution in [0.25, 0.3) is 10.9 Å².